The lowest BCUT2D eigenvalue weighted by Crippen LogP contribution is -2.44. The molecule has 0 spiro atoms. The van der Waals surface area contributed by atoms with Gasteiger partial charge in [0.2, 0.25) is 0 Å². The summed E-state index contributed by atoms with van der Waals surface area (Å²) in [6.45, 7) is 2.97. The van der Waals surface area contributed by atoms with E-state index in [2.05, 4.69) is 11.4 Å². The van der Waals surface area contributed by atoms with E-state index in [0.717, 1.165) is 13.0 Å². The van der Waals surface area contributed by atoms with Crippen LogP contribution in [-0.2, 0) is 0 Å². The van der Waals surface area contributed by atoms with Crippen molar-refractivity contribution in [3.05, 3.63) is 0 Å². The number of hydrogen-bond acceptors (Lipinski definition) is 2. The first-order chi connectivity index (χ1) is 4.27. The molecule has 1 heterocycles. The predicted octanol–water partition coefficient (Wildman–Crippen LogP) is 1.04. The van der Waals surface area contributed by atoms with Crippen LogP contribution in [0, 0.1) is 11.3 Å². The number of hydrogen-bond donors (Lipinski definition) is 1. The summed E-state index contributed by atoms with van der Waals surface area (Å²) in [6, 6.07) is 2.27. The van der Waals surface area contributed by atoms with Crippen molar-refractivity contribution in [1.82, 2.24) is 5.32 Å². The summed E-state index contributed by atoms with van der Waals surface area (Å²) in [6.07, 6.45) is 3.41. The van der Waals surface area contributed by atoms with Gasteiger partial charge in [0.05, 0.1) is 6.07 Å². The van der Waals surface area contributed by atoms with Crippen molar-refractivity contribution >= 4 is 0 Å². The summed E-state index contributed by atoms with van der Waals surface area (Å²) >= 11 is 0. The van der Waals surface area contributed by atoms with Crippen molar-refractivity contribution in [3.63, 3.8) is 0 Å². The van der Waals surface area contributed by atoms with E-state index < -0.39 is 0 Å². The topological polar surface area (TPSA) is 35.8 Å². The molecule has 0 bridgehead atoms. The second kappa shape index (κ2) is 2.36. The summed E-state index contributed by atoms with van der Waals surface area (Å²) in [5.74, 6) is 0. The van der Waals surface area contributed by atoms with Crippen molar-refractivity contribution in [1.29, 1.82) is 5.26 Å². The number of nitriles is 1. The van der Waals surface area contributed by atoms with E-state index in [4.69, 9.17) is 5.26 Å². The van der Waals surface area contributed by atoms with E-state index in [1.165, 1.54) is 12.8 Å². The molecule has 0 amide bonds. The van der Waals surface area contributed by atoms with Crippen LogP contribution in [0.3, 0.4) is 0 Å². The van der Waals surface area contributed by atoms with Crippen molar-refractivity contribution in [2.75, 3.05) is 6.54 Å². The van der Waals surface area contributed by atoms with Crippen molar-refractivity contribution in [3.8, 4) is 6.07 Å². The Labute approximate surface area is 55.9 Å². The molecular formula is C7H12N2. The summed E-state index contributed by atoms with van der Waals surface area (Å²) < 4.78 is 0. The fourth-order valence-corrected chi connectivity index (χ4v) is 1.15. The lowest BCUT2D eigenvalue weighted by atomic mass is 9.93. The summed E-state index contributed by atoms with van der Waals surface area (Å²) in [5.41, 5.74) is -0.224. The molecule has 2 nitrogen and oxygen atoms in total. The van der Waals surface area contributed by atoms with Crippen molar-refractivity contribution < 1.29 is 0 Å². The lowest BCUT2D eigenvalue weighted by Gasteiger charge is -2.27. The van der Waals surface area contributed by atoms with Gasteiger partial charge in [-0.2, -0.15) is 5.26 Å². The molecule has 0 saturated carbocycles. The Hall–Kier alpha value is -0.550. The zero-order chi connectivity index (χ0) is 6.74. The molecule has 0 aromatic rings. The molecule has 9 heavy (non-hydrogen) atoms. The first kappa shape index (κ1) is 6.57. The molecule has 1 fully saturated rings. The Kier molecular flexibility index (Phi) is 1.73. The number of piperidine rings is 1. The summed E-state index contributed by atoms with van der Waals surface area (Å²) in [4.78, 5) is 0. The van der Waals surface area contributed by atoms with Crippen LogP contribution in [0.2, 0.25) is 0 Å². The molecule has 1 N–H and O–H groups in total. The average molecular weight is 124 g/mol. The molecule has 1 rings (SSSR count). The number of nitrogens with one attached hydrogen (secondary N) is 1. The van der Waals surface area contributed by atoms with Gasteiger partial charge < -0.3 is 0 Å². The van der Waals surface area contributed by atoms with Gasteiger partial charge in [0, 0.05) is 0 Å². The highest BCUT2D eigenvalue weighted by Crippen LogP contribution is 2.16. The normalized spacial score (nSPS) is 35.6. The van der Waals surface area contributed by atoms with Gasteiger partial charge in [0.1, 0.15) is 5.54 Å². The Bertz CT molecular complexity index is 128. The fraction of sp³-hybridized carbons (Fsp3) is 0.857. The highest BCUT2D eigenvalue weighted by Gasteiger charge is 2.24. The maximum absolute atomic E-state index is 8.64. The Morgan fingerprint density at radius 2 is 2.33 bits per heavy atom. The molecule has 1 saturated heterocycles. The van der Waals surface area contributed by atoms with Gasteiger partial charge in [-0.05, 0) is 32.7 Å². The summed E-state index contributed by atoms with van der Waals surface area (Å²) in [7, 11) is 0. The minimum atomic E-state index is -0.224. The van der Waals surface area contributed by atoms with E-state index in [-0.39, 0.29) is 5.54 Å². The molecule has 0 aromatic carbocycles. The van der Waals surface area contributed by atoms with Crippen LogP contribution in [-0.4, -0.2) is 12.1 Å². The smallest absolute Gasteiger partial charge is 0.103 e. The molecule has 1 atom stereocenters. The standard InChI is InChI=1S/C7H12N2/c1-7(6-8)4-2-3-5-9-7/h9H,2-5H2,1H3. The highest BCUT2D eigenvalue weighted by atomic mass is 15.0. The monoisotopic (exact) mass is 124 g/mol. The van der Waals surface area contributed by atoms with E-state index in [0.29, 0.717) is 0 Å². The third-order valence-electron chi connectivity index (χ3n) is 1.87. The third kappa shape index (κ3) is 1.43. The van der Waals surface area contributed by atoms with E-state index in [9.17, 15) is 0 Å². The molecule has 2 heteroatoms. The second-order valence-corrected chi connectivity index (χ2v) is 2.83. The Morgan fingerprint density at radius 1 is 1.56 bits per heavy atom. The molecule has 0 aromatic heterocycles. The van der Waals surface area contributed by atoms with Crippen LogP contribution in [0.25, 0.3) is 0 Å². The predicted molar refractivity (Wildman–Crippen MR) is 35.9 cm³/mol. The summed E-state index contributed by atoms with van der Waals surface area (Å²) in [5, 5.41) is 11.8. The number of nitrogens with zero attached hydrogens (tertiary/aromatic N) is 1. The average Bonchev–Trinajstić information content (AvgIpc) is 1.90. The lowest BCUT2D eigenvalue weighted by molar-refractivity contribution is 0.349. The molecule has 50 valence electrons. The van der Waals surface area contributed by atoms with Crippen LogP contribution < -0.4 is 5.32 Å². The molecule has 1 aliphatic rings. The molecule has 0 aliphatic carbocycles. The fourth-order valence-electron chi connectivity index (χ4n) is 1.15. The molecule has 1 unspecified atom stereocenters. The van der Waals surface area contributed by atoms with Gasteiger partial charge in [-0.3, -0.25) is 5.32 Å². The van der Waals surface area contributed by atoms with Gasteiger partial charge in [-0.1, -0.05) is 0 Å². The van der Waals surface area contributed by atoms with Gasteiger partial charge in [0.15, 0.2) is 0 Å². The second-order valence-electron chi connectivity index (χ2n) is 2.83. The van der Waals surface area contributed by atoms with Gasteiger partial charge in [-0.25, -0.2) is 0 Å². The van der Waals surface area contributed by atoms with Crippen LogP contribution in [0.5, 0.6) is 0 Å². The van der Waals surface area contributed by atoms with Crippen LogP contribution in [0.1, 0.15) is 26.2 Å². The minimum Gasteiger partial charge on any atom is -0.300 e. The van der Waals surface area contributed by atoms with E-state index >= 15 is 0 Å². The van der Waals surface area contributed by atoms with Crippen LogP contribution in [0.15, 0.2) is 0 Å². The molecular weight excluding hydrogens is 112 g/mol. The van der Waals surface area contributed by atoms with E-state index in [1.54, 1.807) is 0 Å². The van der Waals surface area contributed by atoms with Gasteiger partial charge >= 0.3 is 0 Å². The Balaban J connectivity index is 2.49. The SMILES string of the molecule is CC1(C#N)CCCCN1. The first-order valence-electron chi connectivity index (χ1n) is 3.43. The maximum atomic E-state index is 8.64. The zero-order valence-corrected chi connectivity index (χ0v) is 5.78. The quantitative estimate of drug-likeness (QED) is 0.523. The van der Waals surface area contributed by atoms with Gasteiger partial charge in [-0.15, -0.1) is 0 Å². The largest absolute Gasteiger partial charge is 0.300 e. The molecule has 0 radical (unpaired) electrons. The third-order valence-corrected chi connectivity index (χ3v) is 1.87. The molecule has 1 aliphatic heterocycles. The van der Waals surface area contributed by atoms with Crippen molar-refractivity contribution in [2.24, 2.45) is 0 Å². The zero-order valence-electron chi connectivity index (χ0n) is 5.78. The highest BCUT2D eigenvalue weighted by molar-refractivity contribution is 5.04. The van der Waals surface area contributed by atoms with E-state index in [1.807, 2.05) is 6.92 Å². The maximum Gasteiger partial charge on any atom is 0.103 e. The van der Waals surface area contributed by atoms with Crippen LogP contribution in [0.4, 0.5) is 0 Å². The van der Waals surface area contributed by atoms with Crippen LogP contribution >= 0.6 is 0 Å². The van der Waals surface area contributed by atoms with Gasteiger partial charge in [0.25, 0.3) is 0 Å². The van der Waals surface area contributed by atoms with Crippen molar-refractivity contribution in [2.45, 2.75) is 31.7 Å². The Morgan fingerprint density at radius 3 is 2.67 bits per heavy atom. The number of rotatable bonds is 0. The first-order valence-corrected chi connectivity index (χ1v) is 3.43. The minimum absolute atomic E-state index is 0.224.